The predicted molar refractivity (Wildman–Crippen MR) is 69.7 cm³/mol. The third kappa shape index (κ3) is 3.06. The fraction of sp³-hybridized carbons (Fsp3) is 0.538. The Balaban J connectivity index is 2.02. The zero-order valence-electron chi connectivity index (χ0n) is 9.79. The third-order valence-corrected chi connectivity index (χ3v) is 3.57. The topological polar surface area (TPSA) is 21.3 Å². The largest absolute Gasteiger partial charge is 0.378 e. The predicted octanol–water partition coefficient (Wildman–Crippen LogP) is 2.76. The van der Waals surface area contributed by atoms with E-state index in [0.717, 1.165) is 19.6 Å². The van der Waals surface area contributed by atoms with Crippen LogP contribution >= 0.6 is 15.9 Å². The van der Waals surface area contributed by atoms with Crippen LogP contribution in [0, 0.1) is 0 Å². The van der Waals surface area contributed by atoms with E-state index in [1.807, 2.05) is 6.07 Å². The summed E-state index contributed by atoms with van der Waals surface area (Å²) >= 11 is 3.58. The van der Waals surface area contributed by atoms with Crippen molar-refractivity contribution in [3.05, 3.63) is 34.3 Å². The molecule has 1 aliphatic rings. The van der Waals surface area contributed by atoms with Gasteiger partial charge in [-0.1, -0.05) is 34.1 Å². The molecule has 1 aromatic carbocycles. The van der Waals surface area contributed by atoms with Gasteiger partial charge >= 0.3 is 0 Å². The average molecular weight is 284 g/mol. The van der Waals surface area contributed by atoms with Crippen LogP contribution in [-0.4, -0.2) is 24.8 Å². The molecule has 0 saturated carbocycles. The number of ether oxygens (including phenoxy) is 1. The maximum atomic E-state index is 5.63. The van der Waals surface area contributed by atoms with Gasteiger partial charge in [0, 0.05) is 16.1 Å². The van der Waals surface area contributed by atoms with Crippen molar-refractivity contribution in [3.8, 4) is 0 Å². The molecule has 1 heterocycles. The number of rotatable bonds is 2. The lowest BCUT2D eigenvalue weighted by atomic mass is 9.99. The van der Waals surface area contributed by atoms with Gasteiger partial charge in [-0.25, -0.2) is 0 Å². The van der Waals surface area contributed by atoms with Gasteiger partial charge in [0.1, 0.15) is 0 Å². The summed E-state index contributed by atoms with van der Waals surface area (Å²) in [5.74, 6) is 0. The molecule has 0 radical (unpaired) electrons. The van der Waals surface area contributed by atoms with Crippen LogP contribution in [-0.2, 0) is 11.2 Å². The Bertz CT molecular complexity index is 365. The summed E-state index contributed by atoms with van der Waals surface area (Å²) in [6.07, 6.45) is 1.00. The quantitative estimate of drug-likeness (QED) is 0.901. The number of benzene rings is 1. The zero-order valence-corrected chi connectivity index (χ0v) is 11.4. The monoisotopic (exact) mass is 283 g/mol. The Kier molecular flexibility index (Phi) is 3.67. The minimum atomic E-state index is 0.0875. The maximum Gasteiger partial charge on any atom is 0.0643 e. The third-order valence-electron chi connectivity index (χ3n) is 2.80. The smallest absolute Gasteiger partial charge is 0.0643 e. The Labute approximate surface area is 106 Å². The van der Waals surface area contributed by atoms with Gasteiger partial charge in [0.15, 0.2) is 0 Å². The average Bonchev–Trinajstić information content (AvgIpc) is 2.20. The first-order valence-corrected chi connectivity index (χ1v) is 6.45. The summed E-state index contributed by atoms with van der Waals surface area (Å²) < 4.78 is 6.81. The standard InChI is InChI=1S/C13H18BrNO/c1-13(2)9-16-8-11(15-13)7-10-5-3-4-6-12(10)14/h3-6,11,15H,7-9H2,1-2H3. The van der Waals surface area contributed by atoms with E-state index in [-0.39, 0.29) is 5.54 Å². The van der Waals surface area contributed by atoms with Gasteiger partial charge in [0.05, 0.1) is 13.2 Å². The normalized spacial score (nSPS) is 24.3. The highest BCUT2D eigenvalue weighted by molar-refractivity contribution is 9.10. The lowest BCUT2D eigenvalue weighted by molar-refractivity contribution is 0.0135. The Morgan fingerprint density at radius 3 is 2.88 bits per heavy atom. The molecule has 0 spiro atoms. The molecule has 3 heteroatoms. The van der Waals surface area contributed by atoms with E-state index >= 15 is 0 Å². The van der Waals surface area contributed by atoms with Crippen molar-refractivity contribution in [3.63, 3.8) is 0 Å². The molecule has 1 atom stereocenters. The second-order valence-electron chi connectivity index (χ2n) is 5.04. The molecule has 1 unspecified atom stereocenters. The van der Waals surface area contributed by atoms with Crippen LogP contribution in [0.3, 0.4) is 0 Å². The molecule has 16 heavy (non-hydrogen) atoms. The van der Waals surface area contributed by atoms with Gasteiger partial charge in [-0.15, -0.1) is 0 Å². The van der Waals surface area contributed by atoms with Gasteiger partial charge in [-0.2, -0.15) is 0 Å². The van der Waals surface area contributed by atoms with Crippen molar-refractivity contribution in [2.24, 2.45) is 0 Å². The fourth-order valence-electron chi connectivity index (χ4n) is 2.13. The van der Waals surface area contributed by atoms with Crippen LogP contribution in [0.2, 0.25) is 0 Å². The molecule has 88 valence electrons. The molecule has 0 bridgehead atoms. The van der Waals surface area contributed by atoms with Crippen LogP contribution in [0.25, 0.3) is 0 Å². The summed E-state index contributed by atoms with van der Waals surface area (Å²) in [5, 5.41) is 3.62. The van der Waals surface area contributed by atoms with E-state index in [2.05, 4.69) is 53.3 Å². The molecular weight excluding hydrogens is 266 g/mol. The molecule has 1 aliphatic heterocycles. The van der Waals surface area contributed by atoms with Crippen LogP contribution in [0.4, 0.5) is 0 Å². The van der Waals surface area contributed by atoms with Gasteiger partial charge < -0.3 is 10.1 Å². The Hall–Kier alpha value is -0.380. The number of nitrogens with one attached hydrogen (secondary N) is 1. The van der Waals surface area contributed by atoms with Gasteiger partial charge in [0.2, 0.25) is 0 Å². The first-order chi connectivity index (χ1) is 7.57. The van der Waals surface area contributed by atoms with Gasteiger partial charge in [0.25, 0.3) is 0 Å². The van der Waals surface area contributed by atoms with Crippen molar-refractivity contribution in [1.82, 2.24) is 5.32 Å². The highest BCUT2D eigenvalue weighted by Gasteiger charge is 2.27. The fourth-order valence-corrected chi connectivity index (χ4v) is 2.58. The van der Waals surface area contributed by atoms with Gasteiger partial charge in [-0.05, 0) is 31.9 Å². The zero-order chi connectivity index (χ0) is 11.6. The van der Waals surface area contributed by atoms with E-state index < -0.39 is 0 Å². The minimum absolute atomic E-state index is 0.0875. The van der Waals surface area contributed by atoms with E-state index in [1.165, 1.54) is 10.0 Å². The Morgan fingerprint density at radius 2 is 2.19 bits per heavy atom. The van der Waals surface area contributed by atoms with Gasteiger partial charge in [-0.3, -0.25) is 0 Å². The maximum absolute atomic E-state index is 5.63. The van der Waals surface area contributed by atoms with Crippen LogP contribution in [0.15, 0.2) is 28.7 Å². The van der Waals surface area contributed by atoms with Crippen molar-refractivity contribution in [1.29, 1.82) is 0 Å². The van der Waals surface area contributed by atoms with E-state index in [0.29, 0.717) is 6.04 Å². The number of morpholine rings is 1. The SMILES string of the molecule is CC1(C)COCC(Cc2ccccc2Br)N1. The van der Waals surface area contributed by atoms with Crippen molar-refractivity contribution < 1.29 is 4.74 Å². The number of hydrogen-bond acceptors (Lipinski definition) is 2. The molecule has 1 fully saturated rings. The number of hydrogen-bond donors (Lipinski definition) is 1. The summed E-state index contributed by atoms with van der Waals surface area (Å²) in [6.45, 7) is 5.95. The van der Waals surface area contributed by atoms with E-state index in [1.54, 1.807) is 0 Å². The van der Waals surface area contributed by atoms with Crippen molar-refractivity contribution in [2.75, 3.05) is 13.2 Å². The van der Waals surface area contributed by atoms with Crippen LogP contribution in [0.1, 0.15) is 19.4 Å². The first kappa shape index (κ1) is 12.1. The number of halogens is 1. The molecule has 2 nitrogen and oxygen atoms in total. The lowest BCUT2D eigenvalue weighted by Gasteiger charge is -2.37. The molecule has 1 saturated heterocycles. The second-order valence-corrected chi connectivity index (χ2v) is 5.89. The Morgan fingerprint density at radius 1 is 1.44 bits per heavy atom. The second kappa shape index (κ2) is 4.86. The van der Waals surface area contributed by atoms with E-state index in [9.17, 15) is 0 Å². The van der Waals surface area contributed by atoms with E-state index in [4.69, 9.17) is 4.74 Å². The molecule has 1 N–H and O–H groups in total. The lowest BCUT2D eigenvalue weighted by Crippen LogP contribution is -2.56. The molecule has 1 aromatic rings. The summed E-state index contributed by atoms with van der Waals surface area (Å²) in [5.41, 5.74) is 1.42. The molecular formula is C13H18BrNO. The van der Waals surface area contributed by atoms with Crippen molar-refractivity contribution in [2.45, 2.75) is 31.8 Å². The van der Waals surface area contributed by atoms with Crippen molar-refractivity contribution >= 4 is 15.9 Å². The van der Waals surface area contributed by atoms with Crippen LogP contribution < -0.4 is 5.32 Å². The molecule has 0 aliphatic carbocycles. The highest BCUT2D eigenvalue weighted by Crippen LogP contribution is 2.20. The molecule has 0 amide bonds. The van der Waals surface area contributed by atoms with Crippen LogP contribution in [0.5, 0.6) is 0 Å². The first-order valence-electron chi connectivity index (χ1n) is 5.66. The highest BCUT2D eigenvalue weighted by atomic mass is 79.9. The molecule has 0 aromatic heterocycles. The molecule has 2 rings (SSSR count). The summed E-state index contributed by atoms with van der Waals surface area (Å²) in [4.78, 5) is 0. The summed E-state index contributed by atoms with van der Waals surface area (Å²) in [6, 6.07) is 8.77. The minimum Gasteiger partial charge on any atom is -0.378 e. The summed E-state index contributed by atoms with van der Waals surface area (Å²) in [7, 11) is 0.